The molecule has 0 heterocycles. The molecular formula is C14H21ClN2O2S. The van der Waals surface area contributed by atoms with Crippen LogP contribution in [0.4, 0.5) is 5.69 Å². The van der Waals surface area contributed by atoms with Gasteiger partial charge < -0.3 is 5.73 Å². The highest BCUT2D eigenvalue weighted by molar-refractivity contribution is 7.89. The maximum atomic E-state index is 12.8. The molecule has 2 N–H and O–H groups in total. The first-order chi connectivity index (χ1) is 9.01. The highest BCUT2D eigenvalue weighted by Crippen LogP contribution is 2.32. The molecule has 0 saturated heterocycles. The second kappa shape index (κ2) is 5.76. The van der Waals surface area contributed by atoms with Gasteiger partial charge in [0.2, 0.25) is 10.0 Å². The van der Waals surface area contributed by atoms with Crippen LogP contribution < -0.4 is 5.73 Å². The van der Waals surface area contributed by atoms with Gasteiger partial charge in [-0.1, -0.05) is 17.7 Å². The van der Waals surface area contributed by atoms with E-state index in [9.17, 15) is 8.42 Å². The van der Waals surface area contributed by atoms with E-state index in [1.807, 2.05) is 20.8 Å². The average Bonchev–Trinajstić information content (AvgIpc) is 2.28. The van der Waals surface area contributed by atoms with Crippen molar-refractivity contribution in [2.75, 3.05) is 12.3 Å². The van der Waals surface area contributed by atoms with E-state index in [0.29, 0.717) is 5.69 Å². The number of benzene rings is 1. The van der Waals surface area contributed by atoms with E-state index in [2.05, 4.69) is 6.58 Å². The van der Waals surface area contributed by atoms with Gasteiger partial charge in [0.15, 0.2) is 0 Å². The maximum Gasteiger partial charge on any atom is 0.245 e. The third-order valence-corrected chi connectivity index (χ3v) is 5.53. The highest BCUT2D eigenvalue weighted by Gasteiger charge is 2.34. The Bertz CT molecular complexity index is 619. The van der Waals surface area contributed by atoms with Crippen LogP contribution in [0.25, 0.3) is 0 Å². The van der Waals surface area contributed by atoms with Crippen molar-refractivity contribution in [3.8, 4) is 0 Å². The molecule has 0 aromatic heterocycles. The quantitative estimate of drug-likeness (QED) is 0.685. The zero-order valence-corrected chi connectivity index (χ0v) is 13.8. The van der Waals surface area contributed by atoms with E-state index in [1.54, 1.807) is 19.1 Å². The Morgan fingerprint density at radius 1 is 1.40 bits per heavy atom. The number of hydrogen-bond acceptors (Lipinski definition) is 3. The first-order valence-electron chi connectivity index (χ1n) is 6.21. The van der Waals surface area contributed by atoms with Gasteiger partial charge in [-0.2, -0.15) is 4.31 Å². The van der Waals surface area contributed by atoms with Gasteiger partial charge in [0.1, 0.15) is 4.90 Å². The molecule has 112 valence electrons. The number of anilines is 1. The SMILES string of the molecule is C=CCN(C(C)(C)C)S(=O)(=O)c1cc(N)c(C)cc1Cl. The molecule has 0 unspecified atom stereocenters. The lowest BCUT2D eigenvalue weighted by atomic mass is 10.1. The molecule has 4 nitrogen and oxygen atoms in total. The minimum absolute atomic E-state index is 0.0269. The van der Waals surface area contributed by atoms with Crippen LogP contribution in [0.3, 0.4) is 0 Å². The maximum absolute atomic E-state index is 12.8. The number of nitrogen functional groups attached to an aromatic ring is 1. The zero-order chi connectivity index (χ0) is 15.7. The second-order valence-electron chi connectivity index (χ2n) is 5.63. The Morgan fingerprint density at radius 3 is 2.40 bits per heavy atom. The summed E-state index contributed by atoms with van der Waals surface area (Å²) in [5.41, 5.74) is 6.37. The fraction of sp³-hybridized carbons (Fsp3) is 0.429. The molecule has 1 aromatic carbocycles. The largest absolute Gasteiger partial charge is 0.398 e. The summed E-state index contributed by atoms with van der Waals surface area (Å²) in [5.74, 6) is 0. The summed E-state index contributed by atoms with van der Waals surface area (Å²) in [6.45, 7) is 11.1. The lowest BCUT2D eigenvalue weighted by Gasteiger charge is -2.34. The molecule has 0 radical (unpaired) electrons. The van der Waals surface area contributed by atoms with Crippen LogP contribution in [0, 0.1) is 6.92 Å². The number of nitrogens with zero attached hydrogens (tertiary/aromatic N) is 1. The molecule has 0 aliphatic rings. The predicted molar refractivity (Wildman–Crippen MR) is 84.4 cm³/mol. The van der Waals surface area contributed by atoms with Gasteiger partial charge in [-0.25, -0.2) is 8.42 Å². The summed E-state index contributed by atoms with van der Waals surface area (Å²) in [6.07, 6.45) is 1.55. The van der Waals surface area contributed by atoms with E-state index in [1.165, 1.54) is 10.4 Å². The van der Waals surface area contributed by atoms with Gasteiger partial charge in [-0.15, -0.1) is 6.58 Å². The standard InChI is InChI=1S/C14H21ClN2O2S/c1-6-7-17(14(3,4)5)20(18,19)13-9-12(16)10(2)8-11(13)15/h6,8-9H,1,7,16H2,2-5H3. The van der Waals surface area contributed by atoms with Crippen molar-refractivity contribution in [3.05, 3.63) is 35.4 Å². The Labute approximate surface area is 126 Å². The molecule has 0 atom stereocenters. The Morgan fingerprint density at radius 2 is 1.95 bits per heavy atom. The monoisotopic (exact) mass is 316 g/mol. The van der Waals surface area contributed by atoms with Crippen molar-refractivity contribution in [2.24, 2.45) is 0 Å². The van der Waals surface area contributed by atoms with Crippen molar-refractivity contribution in [1.29, 1.82) is 0 Å². The van der Waals surface area contributed by atoms with Gasteiger partial charge in [0.05, 0.1) is 5.02 Å². The van der Waals surface area contributed by atoms with Gasteiger partial charge in [-0.05, 0) is 45.4 Å². The van der Waals surface area contributed by atoms with Gasteiger partial charge >= 0.3 is 0 Å². The normalized spacial score (nSPS) is 12.7. The molecule has 6 heteroatoms. The number of sulfonamides is 1. The summed E-state index contributed by atoms with van der Waals surface area (Å²) >= 11 is 6.09. The van der Waals surface area contributed by atoms with Crippen molar-refractivity contribution in [1.82, 2.24) is 4.31 Å². The molecule has 1 aromatic rings. The first-order valence-corrected chi connectivity index (χ1v) is 8.03. The Hall–Kier alpha value is -1.04. The fourth-order valence-corrected chi connectivity index (χ4v) is 4.19. The number of aryl methyl sites for hydroxylation is 1. The Kier molecular flexibility index (Phi) is 4.90. The molecular weight excluding hydrogens is 296 g/mol. The summed E-state index contributed by atoms with van der Waals surface area (Å²) < 4.78 is 26.9. The van der Waals surface area contributed by atoms with Crippen LogP contribution in [-0.2, 0) is 10.0 Å². The molecule has 20 heavy (non-hydrogen) atoms. The number of rotatable bonds is 4. The minimum atomic E-state index is -3.74. The zero-order valence-electron chi connectivity index (χ0n) is 12.3. The van der Waals surface area contributed by atoms with Crippen LogP contribution in [-0.4, -0.2) is 24.8 Å². The Balaban J connectivity index is 3.49. The summed E-state index contributed by atoms with van der Waals surface area (Å²) in [7, 11) is -3.74. The smallest absolute Gasteiger partial charge is 0.245 e. The van der Waals surface area contributed by atoms with E-state index < -0.39 is 15.6 Å². The number of hydrogen-bond donors (Lipinski definition) is 1. The molecule has 0 spiro atoms. The molecule has 0 bridgehead atoms. The van der Waals surface area contributed by atoms with E-state index in [-0.39, 0.29) is 16.5 Å². The lowest BCUT2D eigenvalue weighted by Crippen LogP contribution is -2.45. The molecule has 0 aliphatic carbocycles. The minimum Gasteiger partial charge on any atom is -0.398 e. The highest BCUT2D eigenvalue weighted by atomic mass is 35.5. The fourth-order valence-electron chi connectivity index (χ4n) is 1.83. The molecule has 0 aliphatic heterocycles. The third kappa shape index (κ3) is 3.34. The van der Waals surface area contributed by atoms with Crippen molar-refractivity contribution in [2.45, 2.75) is 38.1 Å². The lowest BCUT2D eigenvalue weighted by molar-refractivity contribution is 0.270. The van der Waals surface area contributed by atoms with Gasteiger partial charge in [0, 0.05) is 17.8 Å². The van der Waals surface area contributed by atoms with Gasteiger partial charge in [-0.3, -0.25) is 0 Å². The summed E-state index contributed by atoms with van der Waals surface area (Å²) in [5, 5.41) is 0.176. The van der Waals surface area contributed by atoms with Gasteiger partial charge in [0.25, 0.3) is 0 Å². The van der Waals surface area contributed by atoms with Crippen LogP contribution in [0.15, 0.2) is 29.7 Å². The summed E-state index contributed by atoms with van der Waals surface area (Å²) in [6, 6.07) is 2.98. The van der Waals surface area contributed by atoms with Crippen molar-refractivity contribution in [3.63, 3.8) is 0 Å². The number of halogens is 1. The topological polar surface area (TPSA) is 63.4 Å². The van der Waals surface area contributed by atoms with Crippen LogP contribution >= 0.6 is 11.6 Å². The molecule has 0 amide bonds. The van der Waals surface area contributed by atoms with Crippen molar-refractivity contribution >= 4 is 27.3 Å². The van der Waals surface area contributed by atoms with E-state index in [0.717, 1.165) is 5.56 Å². The first kappa shape index (κ1) is 17.0. The summed E-state index contributed by atoms with van der Waals surface area (Å²) in [4.78, 5) is 0.0269. The molecule has 0 saturated carbocycles. The van der Waals surface area contributed by atoms with Crippen LogP contribution in [0.1, 0.15) is 26.3 Å². The van der Waals surface area contributed by atoms with Crippen molar-refractivity contribution < 1.29 is 8.42 Å². The van der Waals surface area contributed by atoms with E-state index in [4.69, 9.17) is 17.3 Å². The molecule has 0 fully saturated rings. The average molecular weight is 317 g/mol. The third-order valence-electron chi connectivity index (χ3n) is 2.93. The van der Waals surface area contributed by atoms with E-state index >= 15 is 0 Å². The van der Waals surface area contributed by atoms with Crippen LogP contribution in [0.5, 0.6) is 0 Å². The number of nitrogens with two attached hydrogens (primary N) is 1. The second-order valence-corrected chi connectivity index (χ2v) is 7.87. The van der Waals surface area contributed by atoms with Crippen LogP contribution in [0.2, 0.25) is 5.02 Å². The predicted octanol–water partition coefficient (Wildman–Crippen LogP) is 3.21. The molecule has 1 rings (SSSR count).